The molecule has 0 fully saturated rings. The Morgan fingerprint density at radius 2 is 1.74 bits per heavy atom. The van der Waals surface area contributed by atoms with Crippen LogP contribution in [0.4, 0.5) is 0 Å². The zero-order chi connectivity index (χ0) is 14.3. The lowest BCUT2D eigenvalue weighted by Gasteiger charge is -2.16. The number of rotatable bonds is 8. The molecule has 0 bridgehead atoms. The van der Waals surface area contributed by atoms with Crippen molar-refractivity contribution in [3.05, 3.63) is 23.8 Å². The normalized spacial score (nSPS) is 12.5. The van der Waals surface area contributed by atoms with E-state index < -0.39 is 6.10 Å². The number of aliphatic hydroxyl groups is 1. The third-order valence-electron chi connectivity index (χ3n) is 2.54. The van der Waals surface area contributed by atoms with E-state index in [4.69, 9.17) is 9.47 Å². The average molecular weight is 284 g/mol. The predicted molar refractivity (Wildman–Crippen MR) is 81.3 cm³/mol. The second-order valence-electron chi connectivity index (χ2n) is 4.47. The maximum Gasteiger partial charge on any atom is 0.161 e. The minimum absolute atomic E-state index is 0.470. The summed E-state index contributed by atoms with van der Waals surface area (Å²) in [5, 5.41) is 10.7. The lowest BCUT2D eigenvalue weighted by molar-refractivity contribution is 0.202. The molecule has 0 aliphatic carbocycles. The molecule has 0 saturated heterocycles. The van der Waals surface area contributed by atoms with Gasteiger partial charge in [-0.2, -0.15) is 11.8 Å². The molecule has 108 valence electrons. The molecule has 1 aromatic carbocycles. The quantitative estimate of drug-likeness (QED) is 0.790. The minimum Gasteiger partial charge on any atom is -0.490 e. The van der Waals surface area contributed by atoms with E-state index in [0.29, 0.717) is 30.0 Å². The molecule has 0 amide bonds. The van der Waals surface area contributed by atoms with Gasteiger partial charge < -0.3 is 14.6 Å². The second kappa shape index (κ2) is 8.33. The summed E-state index contributed by atoms with van der Waals surface area (Å²) < 4.78 is 11.1. The Balaban J connectivity index is 2.81. The lowest BCUT2D eigenvalue weighted by Crippen LogP contribution is -2.05. The van der Waals surface area contributed by atoms with Gasteiger partial charge in [0.1, 0.15) is 0 Å². The molecule has 1 atom stereocenters. The first-order chi connectivity index (χ1) is 9.08. The van der Waals surface area contributed by atoms with Crippen molar-refractivity contribution in [3.8, 4) is 11.5 Å². The van der Waals surface area contributed by atoms with Crippen LogP contribution in [-0.4, -0.2) is 29.3 Å². The Labute approximate surface area is 120 Å². The fraction of sp³-hybridized carbons (Fsp3) is 0.600. The van der Waals surface area contributed by atoms with Crippen LogP contribution in [0.3, 0.4) is 0 Å². The zero-order valence-corrected chi connectivity index (χ0v) is 13.0. The topological polar surface area (TPSA) is 38.7 Å². The summed E-state index contributed by atoms with van der Waals surface area (Å²) >= 11 is 1.75. The molecule has 1 aromatic rings. The molecule has 0 saturated carbocycles. The van der Waals surface area contributed by atoms with Gasteiger partial charge in [-0.3, -0.25) is 0 Å². The first-order valence-electron chi connectivity index (χ1n) is 6.77. The SMILES string of the molecule is CCOc1ccc(C(O)CSC(C)C)cc1OCC. The minimum atomic E-state index is -0.470. The van der Waals surface area contributed by atoms with Gasteiger partial charge in [-0.05, 0) is 36.8 Å². The summed E-state index contributed by atoms with van der Waals surface area (Å²) in [7, 11) is 0. The van der Waals surface area contributed by atoms with Gasteiger partial charge in [-0.1, -0.05) is 19.9 Å². The molecular formula is C15H24O3S. The molecule has 19 heavy (non-hydrogen) atoms. The second-order valence-corrected chi connectivity index (χ2v) is 6.08. The van der Waals surface area contributed by atoms with Crippen LogP contribution in [0.25, 0.3) is 0 Å². The number of ether oxygens (including phenoxy) is 2. The highest BCUT2D eigenvalue weighted by atomic mass is 32.2. The Hall–Kier alpha value is -0.870. The number of aliphatic hydroxyl groups excluding tert-OH is 1. The van der Waals surface area contributed by atoms with Gasteiger partial charge in [-0.25, -0.2) is 0 Å². The van der Waals surface area contributed by atoms with Crippen molar-refractivity contribution in [2.24, 2.45) is 0 Å². The van der Waals surface area contributed by atoms with Crippen LogP contribution < -0.4 is 9.47 Å². The maximum absolute atomic E-state index is 10.2. The molecule has 4 heteroatoms. The fourth-order valence-electron chi connectivity index (χ4n) is 1.65. The summed E-state index contributed by atoms with van der Waals surface area (Å²) in [5.74, 6) is 2.13. The highest BCUT2D eigenvalue weighted by molar-refractivity contribution is 7.99. The van der Waals surface area contributed by atoms with Crippen molar-refractivity contribution >= 4 is 11.8 Å². The van der Waals surface area contributed by atoms with E-state index in [2.05, 4.69) is 13.8 Å². The molecule has 1 N–H and O–H groups in total. The van der Waals surface area contributed by atoms with Crippen molar-refractivity contribution in [1.29, 1.82) is 0 Å². The molecule has 0 radical (unpaired) electrons. The van der Waals surface area contributed by atoms with E-state index in [9.17, 15) is 5.11 Å². The number of benzene rings is 1. The zero-order valence-electron chi connectivity index (χ0n) is 12.2. The lowest BCUT2D eigenvalue weighted by atomic mass is 10.1. The third-order valence-corrected chi connectivity index (χ3v) is 3.71. The highest BCUT2D eigenvalue weighted by Gasteiger charge is 2.13. The molecule has 1 rings (SSSR count). The summed E-state index contributed by atoms with van der Waals surface area (Å²) in [5.41, 5.74) is 0.875. The van der Waals surface area contributed by atoms with Gasteiger partial charge in [0.05, 0.1) is 19.3 Å². The Kier molecular flexibility index (Phi) is 7.10. The fourth-order valence-corrected chi connectivity index (χ4v) is 2.41. The number of hydrogen-bond donors (Lipinski definition) is 1. The van der Waals surface area contributed by atoms with Crippen LogP contribution in [-0.2, 0) is 0 Å². The molecule has 0 spiro atoms. The van der Waals surface area contributed by atoms with Crippen molar-refractivity contribution < 1.29 is 14.6 Å². The van der Waals surface area contributed by atoms with E-state index in [0.717, 1.165) is 11.3 Å². The molecule has 0 aliphatic rings. The van der Waals surface area contributed by atoms with Gasteiger partial charge in [0.25, 0.3) is 0 Å². The summed E-state index contributed by atoms with van der Waals surface area (Å²) in [6, 6.07) is 5.65. The van der Waals surface area contributed by atoms with E-state index >= 15 is 0 Å². The van der Waals surface area contributed by atoms with E-state index in [1.807, 2.05) is 32.0 Å². The van der Waals surface area contributed by atoms with Crippen molar-refractivity contribution in [2.45, 2.75) is 39.0 Å². The molecule has 0 aromatic heterocycles. The summed E-state index contributed by atoms with van der Waals surface area (Å²) in [6.07, 6.45) is -0.470. The van der Waals surface area contributed by atoms with Crippen LogP contribution >= 0.6 is 11.8 Å². The molecule has 0 aliphatic heterocycles. The predicted octanol–water partition coefficient (Wildman–Crippen LogP) is 3.66. The maximum atomic E-state index is 10.2. The smallest absolute Gasteiger partial charge is 0.161 e. The molecule has 3 nitrogen and oxygen atoms in total. The standard InChI is InChI=1S/C15H24O3S/c1-5-17-14-8-7-12(9-15(14)18-6-2)13(16)10-19-11(3)4/h7-9,11,13,16H,5-6,10H2,1-4H3. The first kappa shape index (κ1) is 16.2. The van der Waals surface area contributed by atoms with Gasteiger partial charge >= 0.3 is 0 Å². The molecule has 1 unspecified atom stereocenters. The van der Waals surface area contributed by atoms with Gasteiger partial charge in [0.15, 0.2) is 11.5 Å². The van der Waals surface area contributed by atoms with Gasteiger partial charge in [0.2, 0.25) is 0 Å². The number of hydrogen-bond acceptors (Lipinski definition) is 4. The van der Waals surface area contributed by atoms with Crippen LogP contribution in [0.15, 0.2) is 18.2 Å². The van der Waals surface area contributed by atoms with Crippen molar-refractivity contribution in [3.63, 3.8) is 0 Å². The van der Waals surface area contributed by atoms with E-state index in [1.54, 1.807) is 11.8 Å². The van der Waals surface area contributed by atoms with Crippen molar-refractivity contribution in [1.82, 2.24) is 0 Å². The van der Waals surface area contributed by atoms with E-state index in [-0.39, 0.29) is 0 Å². The number of thioether (sulfide) groups is 1. The molecule has 0 heterocycles. The Bertz CT molecular complexity index is 380. The van der Waals surface area contributed by atoms with Crippen LogP contribution in [0.5, 0.6) is 11.5 Å². The van der Waals surface area contributed by atoms with E-state index in [1.165, 1.54) is 0 Å². The van der Waals surface area contributed by atoms with Gasteiger partial charge in [-0.15, -0.1) is 0 Å². The first-order valence-corrected chi connectivity index (χ1v) is 7.82. The van der Waals surface area contributed by atoms with Crippen LogP contribution in [0, 0.1) is 0 Å². The molecular weight excluding hydrogens is 260 g/mol. The Morgan fingerprint density at radius 1 is 1.11 bits per heavy atom. The third kappa shape index (κ3) is 5.33. The average Bonchev–Trinajstić information content (AvgIpc) is 2.38. The summed E-state index contributed by atoms with van der Waals surface area (Å²) in [6.45, 7) is 9.32. The van der Waals surface area contributed by atoms with Crippen LogP contribution in [0.1, 0.15) is 39.4 Å². The van der Waals surface area contributed by atoms with Crippen LogP contribution in [0.2, 0.25) is 0 Å². The van der Waals surface area contributed by atoms with Gasteiger partial charge in [0, 0.05) is 5.75 Å². The highest BCUT2D eigenvalue weighted by Crippen LogP contribution is 2.32. The Morgan fingerprint density at radius 3 is 2.32 bits per heavy atom. The summed E-state index contributed by atoms with van der Waals surface area (Å²) in [4.78, 5) is 0. The van der Waals surface area contributed by atoms with Crippen molar-refractivity contribution in [2.75, 3.05) is 19.0 Å². The monoisotopic (exact) mass is 284 g/mol. The largest absolute Gasteiger partial charge is 0.490 e.